The van der Waals surface area contributed by atoms with Crippen LogP contribution in [-0.2, 0) is 4.79 Å². The summed E-state index contributed by atoms with van der Waals surface area (Å²) in [5.74, 6) is -0.0465. The highest BCUT2D eigenvalue weighted by Crippen LogP contribution is 2.28. The van der Waals surface area contributed by atoms with Crippen LogP contribution < -0.4 is 10.2 Å². The van der Waals surface area contributed by atoms with Gasteiger partial charge in [0, 0.05) is 37.9 Å². The fourth-order valence-electron chi connectivity index (χ4n) is 3.16. The van der Waals surface area contributed by atoms with E-state index in [0.29, 0.717) is 38.4 Å². The molecule has 1 aliphatic rings. The van der Waals surface area contributed by atoms with Crippen LogP contribution in [0.1, 0.15) is 5.56 Å². The van der Waals surface area contributed by atoms with Gasteiger partial charge in [0.05, 0.1) is 11.5 Å². The van der Waals surface area contributed by atoms with Crippen LogP contribution in [0.15, 0.2) is 48.5 Å². The van der Waals surface area contributed by atoms with Crippen LogP contribution in [0.25, 0.3) is 0 Å². The van der Waals surface area contributed by atoms with E-state index in [-0.39, 0.29) is 16.5 Å². The smallest absolute Gasteiger partial charge is 0.292 e. The molecule has 1 N–H and O–H groups in total. The molecule has 3 rings (SSSR count). The van der Waals surface area contributed by atoms with E-state index < -0.39 is 0 Å². The molecule has 1 heterocycles. The van der Waals surface area contributed by atoms with Gasteiger partial charge in [0.15, 0.2) is 0 Å². The summed E-state index contributed by atoms with van der Waals surface area (Å²) < 4.78 is 0. The first-order valence-corrected chi connectivity index (χ1v) is 8.60. The lowest BCUT2D eigenvalue weighted by Crippen LogP contribution is -2.48. The maximum Gasteiger partial charge on any atom is 0.292 e. The lowest BCUT2D eigenvalue weighted by atomic mass is 10.2. The van der Waals surface area contributed by atoms with Gasteiger partial charge in [0.25, 0.3) is 5.69 Å². The molecule has 1 saturated heterocycles. The minimum absolute atomic E-state index is 0.0465. The zero-order chi connectivity index (χ0) is 18.5. The highest BCUT2D eigenvalue weighted by molar-refractivity contribution is 5.92. The molecule has 2 aromatic rings. The molecule has 26 heavy (non-hydrogen) atoms. The average Bonchev–Trinajstić information content (AvgIpc) is 2.62. The van der Waals surface area contributed by atoms with Crippen molar-refractivity contribution < 1.29 is 9.72 Å². The number of carbonyl (C=O) groups excluding carboxylic acids is 1. The highest BCUT2D eigenvalue weighted by Gasteiger charge is 2.24. The largest absolute Gasteiger partial charge is 0.363 e. The SMILES string of the molecule is Cc1cccc(NC(=O)CN2CCN(c3ccccc3[N+](=O)[O-])CC2)c1. The Bertz CT molecular complexity index is 801. The molecule has 0 unspecified atom stereocenters. The van der Waals surface area contributed by atoms with E-state index >= 15 is 0 Å². The summed E-state index contributed by atoms with van der Waals surface area (Å²) in [5.41, 5.74) is 2.66. The fourth-order valence-corrected chi connectivity index (χ4v) is 3.16. The van der Waals surface area contributed by atoms with E-state index in [1.165, 1.54) is 6.07 Å². The quantitative estimate of drug-likeness (QED) is 0.660. The van der Waals surface area contributed by atoms with Crippen LogP contribution >= 0.6 is 0 Å². The van der Waals surface area contributed by atoms with Gasteiger partial charge in [-0.3, -0.25) is 19.8 Å². The van der Waals surface area contributed by atoms with Gasteiger partial charge in [-0.2, -0.15) is 0 Å². The van der Waals surface area contributed by atoms with Crippen LogP contribution in [0.4, 0.5) is 17.1 Å². The molecule has 0 spiro atoms. The van der Waals surface area contributed by atoms with Crippen LogP contribution in [0, 0.1) is 17.0 Å². The van der Waals surface area contributed by atoms with Crippen LogP contribution in [0.3, 0.4) is 0 Å². The summed E-state index contributed by atoms with van der Waals surface area (Å²) in [6.45, 7) is 4.99. The number of aryl methyl sites for hydroxylation is 1. The number of hydrogen-bond acceptors (Lipinski definition) is 5. The van der Waals surface area contributed by atoms with Crippen molar-refractivity contribution in [3.05, 3.63) is 64.2 Å². The second-order valence-electron chi connectivity index (χ2n) is 6.43. The third kappa shape index (κ3) is 4.37. The summed E-state index contributed by atoms with van der Waals surface area (Å²) in [5, 5.41) is 14.1. The van der Waals surface area contributed by atoms with Crippen LogP contribution in [-0.4, -0.2) is 48.5 Å². The monoisotopic (exact) mass is 354 g/mol. The van der Waals surface area contributed by atoms with E-state index in [9.17, 15) is 14.9 Å². The Balaban J connectivity index is 1.54. The van der Waals surface area contributed by atoms with E-state index in [2.05, 4.69) is 10.2 Å². The molecular weight excluding hydrogens is 332 g/mol. The van der Waals surface area contributed by atoms with Crippen molar-refractivity contribution in [1.29, 1.82) is 0 Å². The van der Waals surface area contributed by atoms with Crippen molar-refractivity contribution in [2.45, 2.75) is 6.92 Å². The van der Waals surface area contributed by atoms with Crippen LogP contribution in [0.5, 0.6) is 0 Å². The Morgan fingerprint density at radius 3 is 2.54 bits per heavy atom. The summed E-state index contributed by atoms with van der Waals surface area (Å²) in [6, 6.07) is 14.5. The molecule has 0 bridgehead atoms. The average molecular weight is 354 g/mol. The molecule has 1 amide bonds. The molecule has 0 aromatic heterocycles. The number of carbonyl (C=O) groups is 1. The van der Waals surface area contributed by atoms with Gasteiger partial charge < -0.3 is 10.2 Å². The first kappa shape index (κ1) is 17.9. The third-order valence-corrected chi connectivity index (χ3v) is 4.46. The van der Waals surface area contributed by atoms with Gasteiger partial charge in [0.2, 0.25) is 5.91 Å². The molecule has 0 saturated carbocycles. The Labute approximate surface area is 152 Å². The summed E-state index contributed by atoms with van der Waals surface area (Å²) in [4.78, 5) is 27.1. The number of hydrogen-bond donors (Lipinski definition) is 1. The Morgan fingerprint density at radius 2 is 1.85 bits per heavy atom. The minimum atomic E-state index is -0.350. The number of nitrogens with zero attached hydrogens (tertiary/aromatic N) is 3. The zero-order valence-corrected chi connectivity index (χ0v) is 14.7. The maximum atomic E-state index is 12.2. The minimum Gasteiger partial charge on any atom is -0.363 e. The molecule has 0 atom stereocenters. The molecule has 7 nitrogen and oxygen atoms in total. The second-order valence-corrected chi connectivity index (χ2v) is 6.43. The molecule has 1 fully saturated rings. The number of amides is 1. The maximum absolute atomic E-state index is 12.2. The van der Waals surface area contributed by atoms with Crippen molar-refractivity contribution in [1.82, 2.24) is 4.90 Å². The standard InChI is InChI=1S/C19H22N4O3/c1-15-5-4-6-16(13-15)20-19(24)14-21-9-11-22(12-10-21)17-7-2-3-8-18(17)23(25)26/h2-8,13H,9-12,14H2,1H3,(H,20,24). The second kappa shape index (κ2) is 7.97. The number of nitrogens with one attached hydrogen (secondary N) is 1. The molecular formula is C19H22N4O3. The van der Waals surface area contributed by atoms with E-state index in [1.807, 2.05) is 42.2 Å². The first-order chi connectivity index (χ1) is 12.5. The Kier molecular flexibility index (Phi) is 5.48. The predicted octanol–water partition coefficient (Wildman–Crippen LogP) is 2.66. The molecule has 7 heteroatoms. The van der Waals surface area contributed by atoms with Crippen molar-refractivity contribution in [2.75, 3.05) is 42.9 Å². The van der Waals surface area contributed by atoms with Crippen molar-refractivity contribution in [3.8, 4) is 0 Å². The third-order valence-electron chi connectivity index (χ3n) is 4.46. The number of anilines is 2. The number of nitro groups is 1. The number of piperazine rings is 1. The van der Waals surface area contributed by atoms with Gasteiger partial charge in [-0.15, -0.1) is 0 Å². The molecule has 2 aromatic carbocycles. The van der Waals surface area contributed by atoms with Gasteiger partial charge in [-0.05, 0) is 30.7 Å². The Morgan fingerprint density at radius 1 is 1.12 bits per heavy atom. The normalized spacial score (nSPS) is 14.9. The van der Waals surface area contributed by atoms with Crippen molar-refractivity contribution in [3.63, 3.8) is 0 Å². The van der Waals surface area contributed by atoms with E-state index in [4.69, 9.17) is 0 Å². The molecule has 0 aliphatic carbocycles. The van der Waals surface area contributed by atoms with Crippen LogP contribution in [0.2, 0.25) is 0 Å². The zero-order valence-electron chi connectivity index (χ0n) is 14.7. The van der Waals surface area contributed by atoms with E-state index in [1.54, 1.807) is 12.1 Å². The topological polar surface area (TPSA) is 78.7 Å². The van der Waals surface area contributed by atoms with Crippen molar-refractivity contribution >= 4 is 23.0 Å². The van der Waals surface area contributed by atoms with Gasteiger partial charge in [0.1, 0.15) is 5.69 Å². The van der Waals surface area contributed by atoms with Gasteiger partial charge in [-0.25, -0.2) is 0 Å². The molecule has 0 radical (unpaired) electrons. The predicted molar refractivity (Wildman–Crippen MR) is 102 cm³/mol. The summed E-state index contributed by atoms with van der Waals surface area (Å²) in [6.07, 6.45) is 0. The first-order valence-electron chi connectivity index (χ1n) is 8.60. The number of rotatable bonds is 5. The van der Waals surface area contributed by atoms with E-state index in [0.717, 1.165) is 11.3 Å². The fraction of sp³-hybridized carbons (Fsp3) is 0.316. The number of benzene rings is 2. The molecule has 136 valence electrons. The van der Waals surface area contributed by atoms with Gasteiger partial charge in [-0.1, -0.05) is 24.3 Å². The lowest BCUT2D eigenvalue weighted by Gasteiger charge is -2.35. The highest BCUT2D eigenvalue weighted by atomic mass is 16.6. The lowest BCUT2D eigenvalue weighted by molar-refractivity contribution is -0.384. The van der Waals surface area contributed by atoms with Gasteiger partial charge >= 0.3 is 0 Å². The Hall–Kier alpha value is -2.93. The van der Waals surface area contributed by atoms with Crippen molar-refractivity contribution in [2.24, 2.45) is 0 Å². The summed E-state index contributed by atoms with van der Waals surface area (Å²) >= 11 is 0. The summed E-state index contributed by atoms with van der Waals surface area (Å²) in [7, 11) is 0. The number of nitro benzene ring substituents is 1. The molecule has 1 aliphatic heterocycles. The number of para-hydroxylation sites is 2.